The fourth-order valence-electron chi connectivity index (χ4n) is 7.76. The van der Waals surface area contributed by atoms with Gasteiger partial charge in [-0.25, -0.2) is 0 Å². The monoisotopic (exact) mass is 396 g/mol. The molecule has 30 heavy (non-hydrogen) atoms. The van der Waals surface area contributed by atoms with Gasteiger partial charge in [-0.1, -0.05) is 119 Å². The average Bonchev–Trinajstić information content (AvgIpc) is 3.10. The molecule has 0 heteroatoms. The van der Waals surface area contributed by atoms with Crippen LogP contribution in [0.5, 0.6) is 0 Å². The van der Waals surface area contributed by atoms with Crippen LogP contribution in [0.1, 0.15) is 57.6 Å². The summed E-state index contributed by atoms with van der Waals surface area (Å²) in [5.41, 5.74) is 3.10. The number of hydrogen-bond acceptors (Lipinski definition) is 0. The van der Waals surface area contributed by atoms with Crippen LogP contribution in [0.15, 0.2) is 85.0 Å². The third-order valence-electron chi connectivity index (χ3n) is 8.61. The van der Waals surface area contributed by atoms with E-state index in [1.165, 1.54) is 36.8 Å². The van der Waals surface area contributed by atoms with Crippen molar-refractivity contribution in [3.05, 3.63) is 96.1 Å². The van der Waals surface area contributed by atoms with Crippen LogP contribution in [-0.4, -0.2) is 0 Å². The van der Waals surface area contributed by atoms with Crippen LogP contribution in [0.4, 0.5) is 0 Å². The maximum atomic E-state index is 2.57. The Kier molecular flexibility index (Phi) is 5.00. The van der Waals surface area contributed by atoms with Gasteiger partial charge in [-0.2, -0.15) is 0 Å². The van der Waals surface area contributed by atoms with Gasteiger partial charge in [0.15, 0.2) is 0 Å². The minimum absolute atomic E-state index is 0.00921. The highest BCUT2D eigenvalue weighted by atomic mass is 14.6. The van der Waals surface area contributed by atoms with Crippen molar-refractivity contribution >= 4 is 0 Å². The van der Waals surface area contributed by atoms with Gasteiger partial charge in [0.1, 0.15) is 0 Å². The van der Waals surface area contributed by atoms with Crippen LogP contribution in [-0.2, 0) is 5.41 Å². The summed E-state index contributed by atoms with van der Waals surface area (Å²) >= 11 is 0. The maximum Gasteiger partial charge on any atom is 0.0287 e. The molecule has 0 bridgehead atoms. The van der Waals surface area contributed by atoms with Crippen molar-refractivity contribution in [3.63, 3.8) is 0 Å². The molecule has 3 aliphatic rings. The third-order valence-corrected chi connectivity index (χ3v) is 8.61. The van der Waals surface area contributed by atoms with Crippen LogP contribution in [0.3, 0.4) is 0 Å². The van der Waals surface area contributed by atoms with Crippen LogP contribution in [0.2, 0.25) is 0 Å². The Morgan fingerprint density at radius 3 is 1.67 bits per heavy atom. The first-order valence-corrected chi connectivity index (χ1v) is 12.0. The lowest BCUT2D eigenvalue weighted by atomic mass is 9.49. The molecule has 0 nitrogen and oxygen atoms in total. The van der Waals surface area contributed by atoms with Gasteiger partial charge >= 0.3 is 0 Å². The van der Waals surface area contributed by atoms with E-state index in [1.807, 2.05) is 0 Å². The van der Waals surface area contributed by atoms with E-state index in [9.17, 15) is 0 Å². The van der Waals surface area contributed by atoms with Gasteiger partial charge < -0.3 is 0 Å². The molecule has 2 aromatic carbocycles. The molecule has 5 rings (SSSR count). The van der Waals surface area contributed by atoms with E-state index in [0.29, 0.717) is 17.8 Å². The second-order valence-electron chi connectivity index (χ2n) is 10.9. The maximum absolute atomic E-state index is 2.57. The summed E-state index contributed by atoms with van der Waals surface area (Å²) in [5.74, 6) is 3.59. The Morgan fingerprint density at radius 1 is 0.633 bits per heavy atom. The highest BCUT2D eigenvalue weighted by molar-refractivity contribution is 5.45. The zero-order valence-corrected chi connectivity index (χ0v) is 18.8. The van der Waals surface area contributed by atoms with Crippen molar-refractivity contribution in [3.8, 4) is 0 Å². The SMILES string of the molecule is CC(C)(C)C(c1ccccc1)(c1ccccc1)C1C2C=CC=CC2C2CCCCC21. The zero-order valence-electron chi connectivity index (χ0n) is 18.8. The molecule has 5 atom stereocenters. The molecule has 0 N–H and O–H groups in total. The van der Waals surface area contributed by atoms with E-state index in [4.69, 9.17) is 0 Å². The lowest BCUT2D eigenvalue weighted by Crippen LogP contribution is -2.51. The second kappa shape index (κ2) is 7.56. The molecular weight excluding hydrogens is 360 g/mol. The Morgan fingerprint density at radius 2 is 1.13 bits per heavy atom. The Labute approximate surface area is 183 Å². The van der Waals surface area contributed by atoms with Gasteiger partial charge in [-0.15, -0.1) is 0 Å². The highest BCUT2D eigenvalue weighted by Gasteiger charge is 2.61. The van der Waals surface area contributed by atoms with Crippen molar-refractivity contribution in [2.75, 3.05) is 0 Å². The van der Waals surface area contributed by atoms with Gasteiger partial charge in [0.2, 0.25) is 0 Å². The van der Waals surface area contributed by atoms with Crippen LogP contribution in [0, 0.1) is 35.0 Å². The fourth-order valence-corrected chi connectivity index (χ4v) is 7.76. The highest BCUT2D eigenvalue weighted by Crippen LogP contribution is 2.65. The summed E-state index contributed by atoms with van der Waals surface area (Å²) < 4.78 is 0. The van der Waals surface area contributed by atoms with Gasteiger partial charge in [0.25, 0.3) is 0 Å². The molecule has 0 aromatic heterocycles. The Bertz CT molecular complexity index is 872. The van der Waals surface area contributed by atoms with E-state index in [2.05, 4.69) is 106 Å². The number of fused-ring (bicyclic) bond motifs is 3. The molecule has 5 unspecified atom stereocenters. The van der Waals surface area contributed by atoms with Crippen LogP contribution in [0.25, 0.3) is 0 Å². The van der Waals surface area contributed by atoms with Gasteiger partial charge in [-0.05, 0) is 59.0 Å². The van der Waals surface area contributed by atoms with E-state index < -0.39 is 0 Å². The molecule has 2 saturated carbocycles. The number of rotatable bonds is 3. The smallest absolute Gasteiger partial charge is 0.0287 e. The van der Waals surface area contributed by atoms with E-state index in [1.54, 1.807) is 0 Å². The quantitative estimate of drug-likeness (QED) is 0.496. The summed E-state index contributed by atoms with van der Waals surface area (Å²) in [7, 11) is 0. The standard InChI is InChI=1S/C30H36/c1-29(2,3)30(22-14-6-4-7-15-22,23-16-8-5-9-17-23)28-26-20-12-10-18-24(26)25-19-11-13-21-27(25)28/h4-10,12,14-18,20,24-28H,11,13,19,21H2,1-3H3. The lowest BCUT2D eigenvalue weighted by molar-refractivity contribution is 0.0755. The summed E-state index contributed by atoms with van der Waals surface area (Å²) in [5, 5.41) is 0. The molecule has 156 valence electrons. The molecule has 3 aliphatic carbocycles. The summed E-state index contributed by atoms with van der Waals surface area (Å²) in [4.78, 5) is 0. The molecule has 0 heterocycles. The summed E-state index contributed by atoms with van der Waals surface area (Å²) in [6.07, 6.45) is 15.4. The largest absolute Gasteiger partial charge is 0.0805 e. The van der Waals surface area contributed by atoms with Crippen molar-refractivity contribution in [2.24, 2.45) is 35.0 Å². The first-order chi connectivity index (χ1) is 14.5. The number of benzene rings is 2. The summed E-state index contributed by atoms with van der Waals surface area (Å²) in [6, 6.07) is 23.0. The first-order valence-electron chi connectivity index (χ1n) is 12.0. The molecule has 0 spiro atoms. The molecular formula is C30H36. The van der Waals surface area contributed by atoms with Crippen molar-refractivity contribution < 1.29 is 0 Å². The third kappa shape index (κ3) is 2.87. The van der Waals surface area contributed by atoms with E-state index in [-0.39, 0.29) is 10.8 Å². The molecule has 2 fully saturated rings. The number of allylic oxidation sites excluding steroid dienone is 4. The minimum atomic E-state index is -0.00921. The molecule has 0 amide bonds. The number of hydrogen-bond donors (Lipinski definition) is 0. The van der Waals surface area contributed by atoms with Crippen LogP contribution >= 0.6 is 0 Å². The molecule has 0 saturated heterocycles. The Balaban J connectivity index is 1.80. The van der Waals surface area contributed by atoms with Crippen molar-refractivity contribution in [2.45, 2.75) is 51.9 Å². The lowest BCUT2D eigenvalue weighted by Gasteiger charge is -2.54. The van der Waals surface area contributed by atoms with E-state index >= 15 is 0 Å². The topological polar surface area (TPSA) is 0 Å². The average molecular weight is 397 g/mol. The summed E-state index contributed by atoms with van der Waals surface area (Å²) in [6.45, 7) is 7.46. The second-order valence-corrected chi connectivity index (χ2v) is 10.9. The zero-order chi connectivity index (χ0) is 20.8. The minimum Gasteiger partial charge on any atom is -0.0805 e. The predicted molar refractivity (Wildman–Crippen MR) is 127 cm³/mol. The molecule has 2 aromatic rings. The fraction of sp³-hybridized carbons (Fsp3) is 0.467. The Hall–Kier alpha value is -2.08. The molecule has 0 aliphatic heterocycles. The van der Waals surface area contributed by atoms with Crippen molar-refractivity contribution in [1.29, 1.82) is 0 Å². The van der Waals surface area contributed by atoms with Crippen molar-refractivity contribution in [1.82, 2.24) is 0 Å². The van der Waals surface area contributed by atoms with Gasteiger partial charge in [-0.3, -0.25) is 0 Å². The molecule has 0 radical (unpaired) electrons. The van der Waals surface area contributed by atoms with Crippen LogP contribution < -0.4 is 0 Å². The predicted octanol–water partition coefficient (Wildman–Crippen LogP) is 7.81. The van der Waals surface area contributed by atoms with Gasteiger partial charge in [0.05, 0.1) is 0 Å². The normalized spacial score (nSPS) is 30.7. The van der Waals surface area contributed by atoms with Gasteiger partial charge in [0, 0.05) is 5.41 Å². The first kappa shape index (κ1) is 19.9. The van der Waals surface area contributed by atoms with E-state index in [0.717, 1.165) is 11.8 Å².